The summed E-state index contributed by atoms with van der Waals surface area (Å²) in [6.45, 7) is 0.603. The summed E-state index contributed by atoms with van der Waals surface area (Å²) in [4.78, 5) is 17.8. The largest absolute Gasteiger partial charge is 0.366 e. The monoisotopic (exact) mass is 295 g/mol. The van der Waals surface area contributed by atoms with E-state index in [1.54, 1.807) is 43.5 Å². The van der Waals surface area contributed by atoms with Gasteiger partial charge in [-0.15, -0.1) is 0 Å². The van der Waals surface area contributed by atoms with Crippen molar-refractivity contribution >= 4 is 22.6 Å². The smallest absolute Gasteiger partial charge is 0.253 e. The summed E-state index contributed by atoms with van der Waals surface area (Å²) in [6.07, 6.45) is 3.43. The molecule has 0 saturated heterocycles. The molecule has 0 saturated carbocycles. The number of carbonyl (C=O) groups excluding carboxylic acids is 1. The molecule has 3 rings (SSSR count). The lowest BCUT2D eigenvalue weighted by atomic mass is 10.1. The Morgan fingerprint density at radius 2 is 2.18 bits per heavy atom. The lowest BCUT2D eigenvalue weighted by molar-refractivity contribution is 0.0827. The number of nitrogens with zero attached hydrogens (tertiary/aromatic N) is 3. The number of para-hydroxylation sites is 1. The van der Waals surface area contributed by atoms with Crippen molar-refractivity contribution < 1.29 is 4.79 Å². The number of benzene rings is 1. The zero-order valence-electron chi connectivity index (χ0n) is 12.5. The molecule has 0 aliphatic rings. The maximum atomic E-state index is 12.0. The van der Waals surface area contributed by atoms with Crippen molar-refractivity contribution in [1.82, 2.24) is 20.1 Å². The Hall–Kier alpha value is -2.89. The fourth-order valence-corrected chi connectivity index (χ4v) is 2.28. The first-order valence-corrected chi connectivity index (χ1v) is 6.97. The van der Waals surface area contributed by atoms with Gasteiger partial charge < -0.3 is 10.2 Å². The summed E-state index contributed by atoms with van der Waals surface area (Å²) >= 11 is 0. The highest BCUT2D eigenvalue weighted by molar-refractivity contribution is 5.94. The van der Waals surface area contributed by atoms with Gasteiger partial charge in [0.05, 0.1) is 11.7 Å². The van der Waals surface area contributed by atoms with Crippen molar-refractivity contribution in [1.29, 1.82) is 0 Å². The normalized spacial score (nSPS) is 10.6. The van der Waals surface area contributed by atoms with Crippen LogP contribution in [0.1, 0.15) is 15.9 Å². The molecule has 0 bridgehead atoms. The molecule has 2 heterocycles. The Balaban J connectivity index is 1.78. The number of hydrogen-bond acceptors (Lipinski definition) is 4. The van der Waals surface area contributed by atoms with Gasteiger partial charge in [0.25, 0.3) is 5.91 Å². The van der Waals surface area contributed by atoms with E-state index in [0.717, 1.165) is 16.5 Å². The second-order valence-electron chi connectivity index (χ2n) is 5.23. The van der Waals surface area contributed by atoms with E-state index >= 15 is 0 Å². The van der Waals surface area contributed by atoms with Gasteiger partial charge in [0.15, 0.2) is 0 Å². The number of aromatic amines is 1. The molecule has 2 aromatic heterocycles. The topological polar surface area (TPSA) is 73.9 Å². The van der Waals surface area contributed by atoms with Crippen LogP contribution in [0.15, 0.2) is 42.7 Å². The summed E-state index contributed by atoms with van der Waals surface area (Å²) in [5.41, 5.74) is 2.72. The predicted octanol–water partition coefficient (Wildman–Crippen LogP) is 2.27. The number of rotatable bonds is 4. The molecule has 1 aromatic carbocycles. The molecule has 1 amide bonds. The van der Waals surface area contributed by atoms with Crippen LogP contribution < -0.4 is 5.32 Å². The van der Waals surface area contributed by atoms with Gasteiger partial charge in [0.1, 0.15) is 5.82 Å². The Morgan fingerprint density at radius 3 is 3.00 bits per heavy atom. The van der Waals surface area contributed by atoms with Crippen LogP contribution in [0.2, 0.25) is 0 Å². The van der Waals surface area contributed by atoms with E-state index in [2.05, 4.69) is 20.5 Å². The van der Waals surface area contributed by atoms with Gasteiger partial charge in [-0.05, 0) is 17.7 Å². The zero-order valence-corrected chi connectivity index (χ0v) is 12.5. The molecule has 0 unspecified atom stereocenters. The molecule has 0 fully saturated rings. The van der Waals surface area contributed by atoms with Crippen molar-refractivity contribution in [3.63, 3.8) is 0 Å². The summed E-state index contributed by atoms with van der Waals surface area (Å²) < 4.78 is 0. The molecule has 2 N–H and O–H groups in total. The number of hydrogen-bond donors (Lipinski definition) is 2. The van der Waals surface area contributed by atoms with Crippen LogP contribution in [0.25, 0.3) is 10.9 Å². The first-order valence-electron chi connectivity index (χ1n) is 6.97. The number of aromatic nitrogens is 3. The van der Waals surface area contributed by atoms with Crippen LogP contribution in [0, 0.1) is 0 Å². The van der Waals surface area contributed by atoms with Crippen LogP contribution in [0.3, 0.4) is 0 Å². The summed E-state index contributed by atoms with van der Waals surface area (Å²) in [5.74, 6) is 0.630. The minimum Gasteiger partial charge on any atom is -0.366 e. The highest BCUT2D eigenvalue weighted by atomic mass is 16.2. The number of carbonyl (C=O) groups is 1. The molecular formula is C16H17N5O. The molecule has 0 spiro atoms. The SMILES string of the molecule is CN(C)C(=O)c1ccnc(NCc2cccc3cn[nH]c23)c1. The van der Waals surface area contributed by atoms with Crippen molar-refractivity contribution in [2.75, 3.05) is 19.4 Å². The predicted molar refractivity (Wildman–Crippen MR) is 85.7 cm³/mol. The molecule has 112 valence electrons. The highest BCUT2D eigenvalue weighted by Crippen LogP contribution is 2.17. The molecule has 3 aromatic rings. The van der Waals surface area contributed by atoms with Gasteiger partial charge >= 0.3 is 0 Å². The Kier molecular flexibility index (Phi) is 3.74. The third-order valence-corrected chi connectivity index (χ3v) is 3.44. The van der Waals surface area contributed by atoms with Crippen molar-refractivity contribution in [2.24, 2.45) is 0 Å². The zero-order chi connectivity index (χ0) is 15.5. The number of H-pyrrole nitrogens is 1. The second-order valence-corrected chi connectivity index (χ2v) is 5.23. The van der Waals surface area contributed by atoms with Crippen LogP contribution >= 0.6 is 0 Å². The maximum Gasteiger partial charge on any atom is 0.253 e. The van der Waals surface area contributed by atoms with Crippen molar-refractivity contribution in [3.8, 4) is 0 Å². The van der Waals surface area contributed by atoms with E-state index < -0.39 is 0 Å². The quantitative estimate of drug-likeness (QED) is 0.774. The number of nitrogens with one attached hydrogen (secondary N) is 2. The Bertz CT molecular complexity index is 809. The van der Waals surface area contributed by atoms with Crippen molar-refractivity contribution in [3.05, 3.63) is 53.9 Å². The fraction of sp³-hybridized carbons (Fsp3) is 0.188. The second kappa shape index (κ2) is 5.85. The minimum absolute atomic E-state index is 0.0406. The van der Waals surface area contributed by atoms with E-state index in [9.17, 15) is 4.79 Å². The lowest BCUT2D eigenvalue weighted by Gasteiger charge is -2.11. The molecule has 0 aliphatic carbocycles. The third kappa shape index (κ3) is 2.76. The average Bonchev–Trinajstić information content (AvgIpc) is 3.01. The molecule has 0 atom stereocenters. The minimum atomic E-state index is -0.0406. The Labute approximate surface area is 128 Å². The molecular weight excluding hydrogens is 278 g/mol. The molecule has 0 radical (unpaired) electrons. The van der Waals surface area contributed by atoms with E-state index in [-0.39, 0.29) is 5.91 Å². The number of fused-ring (bicyclic) bond motifs is 1. The van der Waals surface area contributed by atoms with Gasteiger partial charge in [-0.1, -0.05) is 18.2 Å². The maximum absolute atomic E-state index is 12.0. The van der Waals surface area contributed by atoms with E-state index in [0.29, 0.717) is 17.9 Å². The van der Waals surface area contributed by atoms with Gasteiger partial charge in [0, 0.05) is 37.8 Å². The van der Waals surface area contributed by atoms with Gasteiger partial charge in [0.2, 0.25) is 0 Å². The summed E-state index contributed by atoms with van der Waals surface area (Å²) in [6, 6.07) is 9.51. The Morgan fingerprint density at radius 1 is 1.32 bits per heavy atom. The third-order valence-electron chi connectivity index (χ3n) is 3.44. The molecule has 22 heavy (non-hydrogen) atoms. The van der Waals surface area contributed by atoms with E-state index in [1.807, 2.05) is 18.2 Å². The standard InChI is InChI=1S/C16H17N5O/c1-21(2)16(22)11-6-7-17-14(8-11)18-9-12-4-3-5-13-10-19-20-15(12)13/h3-8,10H,9H2,1-2H3,(H,17,18)(H,19,20). The summed E-state index contributed by atoms with van der Waals surface area (Å²) in [5, 5.41) is 11.4. The first-order chi connectivity index (χ1) is 10.6. The number of anilines is 1. The van der Waals surface area contributed by atoms with Crippen LogP contribution in [0.4, 0.5) is 5.82 Å². The lowest BCUT2D eigenvalue weighted by Crippen LogP contribution is -2.21. The van der Waals surface area contributed by atoms with Gasteiger partial charge in [-0.2, -0.15) is 5.10 Å². The van der Waals surface area contributed by atoms with Gasteiger partial charge in [-0.3, -0.25) is 9.89 Å². The molecule has 6 heteroatoms. The highest BCUT2D eigenvalue weighted by Gasteiger charge is 2.09. The van der Waals surface area contributed by atoms with Crippen LogP contribution in [0.5, 0.6) is 0 Å². The molecule has 6 nitrogen and oxygen atoms in total. The van der Waals surface area contributed by atoms with Crippen molar-refractivity contribution in [2.45, 2.75) is 6.54 Å². The first kappa shape index (κ1) is 14.1. The van der Waals surface area contributed by atoms with Gasteiger partial charge in [-0.25, -0.2) is 4.98 Å². The van der Waals surface area contributed by atoms with Crippen LogP contribution in [-0.2, 0) is 6.54 Å². The average molecular weight is 295 g/mol. The summed E-state index contributed by atoms with van der Waals surface area (Å²) in [7, 11) is 3.46. The number of amides is 1. The van der Waals surface area contributed by atoms with E-state index in [1.165, 1.54) is 0 Å². The molecule has 0 aliphatic heterocycles. The fourth-order valence-electron chi connectivity index (χ4n) is 2.28. The number of pyridine rings is 1. The van der Waals surface area contributed by atoms with Crippen LogP contribution in [-0.4, -0.2) is 40.1 Å². The van der Waals surface area contributed by atoms with E-state index in [4.69, 9.17) is 0 Å².